The van der Waals surface area contributed by atoms with E-state index >= 15 is 0 Å². The highest BCUT2D eigenvalue weighted by Crippen LogP contribution is 2.17. The first kappa shape index (κ1) is 9.78. The zero-order valence-electron chi connectivity index (χ0n) is 9.24. The van der Waals surface area contributed by atoms with Gasteiger partial charge in [0.25, 0.3) is 0 Å². The van der Waals surface area contributed by atoms with Crippen molar-refractivity contribution >= 4 is 17.1 Å². The molecule has 0 spiro atoms. The molecule has 82 valence electrons. The van der Waals surface area contributed by atoms with Gasteiger partial charge in [0.05, 0.1) is 11.2 Å². The van der Waals surface area contributed by atoms with Crippen molar-refractivity contribution in [2.45, 2.75) is 0 Å². The van der Waals surface area contributed by atoms with E-state index < -0.39 is 0 Å². The lowest BCUT2D eigenvalue weighted by Gasteiger charge is -2.02. The fourth-order valence-electron chi connectivity index (χ4n) is 1.84. The van der Waals surface area contributed by atoms with Crippen LogP contribution < -0.4 is 0 Å². The van der Waals surface area contributed by atoms with Gasteiger partial charge in [-0.15, -0.1) is 5.10 Å². The average molecular weight is 221 g/mol. The first-order valence-corrected chi connectivity index (χ1v) is 5.42. The van der Waals surface area contributed by atoms with E-state index in [4.69, 9.17) is 0 Å². The number of nitrogens with zero attached hydrogens (tertiary/aromatic N) is 3. The zero-order chi connectivity index (χ0) is 11.7. The lowest BCUT2D eigenvalue weighted by Crippen LogP contribution is -1.96. The fraction of sp³-hybridized carbons (Fsp3) is 0. The van der Waals surface area contributed by atoms with Crippen molar-refractivity contribution in [1.82, 2.24) is 15.0 Å². The third-order valence-electron chi connectivity index (χ3n) is 2.70. The highest BCUT2D eigenvalue weighted by Gasteiger charge is 2.05. The number of hydrogen-bond acceptors (Lipinski definition) is 2. The Labute approximate surface area is 99.0 Å². The molecule has 0 bridgehead atoms. The van der Waals surface area contributed by atoms with Crippen LogP contribution in [0.3, 0.4) is 0 Å². The summed E-state index contributed by atoms with van der Waals surface area (Å²) in [6, 6.07) is 16.0. The monoisotopic (exact) mass is 221 g/mol. The van der Waals surface area contributed by atoms with Crippen LogP contribution in [0.4, 0.5) is 0 Å². The summed E-state index contributed by atoms with van der Waals surface area (Å²) in [5.41, 5.74) is 3.98. The van der Waals surface area contributed by atoms with Gasteiger partial charge >= 0.3 is 0 Å². The lowest BCUT2D eigenvalue weighted by molar-refractivity contribution is 0.824. The summed E-state index contributed by atoms with van der Waals surface area (Å²) in [5.74, 6) is 0. The average Bonchev–Trinajstić information content (AvgIpc) is 2.82. The van der Waals surface area contributed by atoms with Crippen LogP contribution in [-0.4, -0.2) is 15.0 Å². The van der Waals surface area contributed by atoms with Gasteiger partial charge in [-0.3, -0.25) is 0 Å². The van der Waals surface area contributed by atoms with E-state index in [1.807, 2.05) is 59.3 Å². The van der Waals surface area contributed by atoms with Gasteiger partial charge in [0.2, 0.25) is 0 Å². The maximum Gasteiger partial charge on any atom is 0.113 e. The molecule has 3 heteroatoms. The lowest BCUT2D eigenvalue weighted by atomic mass is 10.2. The molecule has 0 aliphatic heterocycles. The minimum Gasteiger partial charge on any atom is -0.213 e. The van der Waals surface area contributed by atoms with E-state index in [0.717, 1.165) is 22.3 Å². The second-order valence-electron chi connectivity index (χ2n) is 3.79. The van der Waals surface area contributed by atoms with Crippen LogP contribution in [0.15, 0.2) is 55.1 Å². The summed E-state index contributed by atoms with van der Waals surface area (Å²) < 4.78 is 1.84. The number of hydrogen-bond donors (Lipinski definition) is 0. The molecule has 3 rings (SSSR count). The maximum atomic E-state index is 4.17. The summed E-state index contributed by atoms with van der Waals surface area (Å²) in [7, 11) is 0. The molecule has 0 unspecified atom stereocenters. The van der Waals surface area contributed by atoms with Gasteiger partial charge in [-0.25, -0.2) is 4.68 Å². The quantitative estimate of drug-likeness (QED) is 0.665. The smallest absolute Gasteiger partial charge is 0.113 e. The van der Waals surface area contributed by atoms with Crippen molar-refractivity contribution in [2.24, 2.45) is 0 Å². The van der Waals surface area contributed by atoms with Crippen molar-refractivity contribution in [3.8, 4) is 5.69 Å². The van der Waals surface area contributed by atoms with Crippen LogP contribution in [0, 0.1) is 0 Å². The molecule has 1 aromatic heterocycles. The van der Waals surface area contributed by atoms with E-state index in [0.29, 0.717) is 0 Å². The Hall–Kier alpha value is -2.42. The Balaban J connectivity index is 2.23. The third kappa shape index (κ3) is 1.61. The summed E-state index contributed by atoms with van der Waals surface area (Å²) in [6.07, 6.45) is 1.82. The second kappa shape index (κ2) is 3.87. The molecule has 0 N–H and O–H groups in total. The van der Waals surface area contributed by atoms with Crippen molar-refractivity contribution in [3.05, 3.63) is 60.7 Å². The van der Waals surface area contributed by atoms with E-state index in [9.17, 15) is 0 Å². The molecule has 0 radical (unpaired) electrons. The highest BCUT2D eigenvalue weighted by molar-refractivity contribution is 5.76. The molecule has 2 aromatic carbocycles. The van der Waals surface area contributed by atoms with Gasteiger partial charge < -0.3 is 0 Å². The van der Waals surface area contributed by atoms with Crippen LogP contribution in [0.2, 0.25) is 0 Å². The number of fused-ring (bicyclic) bond motifs is 1. The number of rotatable bonds is 2. The van der Waals surface area contributed by atoms with Crippen molar-refractivity contribution in [2.75, 3.05) is 0 Å². The third-order valence-corrected chi connectivity index (χ3v) is 2.70. The Kier molecular flexibility index (Phi) is 2.22. The Bertz CT molecular complexity index is 683. The van der Waals surface area contributed by atoms with E-state index in [1.54, 1.807) is 0 Å². The molecule has 0 aliphatic rings. The maximum absolute atomic E-state index is 4.17. The van der Waals surface area contributed by atoms with Crippen LogP contribution >= 0.6 is 0 Å². The molecule has 0 aliphatic carbocycles. The molecular formula is C14H11N3. The minimum absolute atomic E-state index is 0.900. The van der Waals surface area contributed by atoms with Gasteiger partial charge in [0.15, 0.2) is 0 Å². The molecular weight excluding hydrogens is 210 g/mol. The highest BCUT2D eigenvalue weighted by atomic mass is 15.4. The van der Waals surface area contributed by atoms with Gasteiger partial charge in [-0.1, -0.05) is 42.1 Å². The molecule has 0 atom stereocenters. The molecule has 0 saturated carbocycles. The van der Waals surface area contributed by atoms with E-state index in [1.165, 1.54) is 0 Å². The molecule has 0 saturated heterocycles. The fourth-order valence-corrected chi connectivity index (χ4v) is 1.84. The Morgan fingerprint density at radius 2 is 1.94 bits per heavy atom. The second-order valence-corrected chi connectivity index (χ2v) is 3.79. The van der Waals surface area contributed by atoms with E-state index in [-0.39, 0.29) is 0 Å². The van der Waals surface area contributed by atoms with Crippen molar-refractivity contribution in [3.63, 3.8) is 0 Å². The van der Waals surface area contributed by atoms with Crippen LogP contribution in [0.1, 0.15) is 5.56 Å². The SMILES string of the molecule is C=Cc1cccc(-n2nnc3ccccc32)c1. The summed E-state index contributed by atoms with van der Waals surface area (Å²) >= 11 is 0. The minimum atomic E-state index is 0.900. The number of aromatic nitrogens is 3. The van der Waals surface area contributed by atoms with Gasteiger partial charge in [0.1, 0.15) is 5.52 Å². The Morgan fingerprint density at radius 1 is 1.06 bits per heavy atom. The predicted molar refractivity (Wildman–Crippen MR) is 69.0 cm³/mol. The molecule has 3 nitrogen and oxygen atoms in total. The first-order valence-electron chi connectivity index (χ1n) is 5.42. The summed E-state index contributed by atoms with van der Waals surface area (Å²) in [4.78, 5) is 0. The standard InChI is InChI=1S/C14H11N3/c1-2-11-6-5-7-12(10-11)17-14-9-4-3-8-13(14)15-16-17/h2-10H,1H2. The Morgan fingerprint density at radius 3 is 2.82 bits per heavy atom. The number of benzene rings is 2. The summed E-state index contributed by atoms with van der Waals surface area (Å²) in [6.45, 7) is 3.77. The van der Waals surface area contributed by atoms with E-state index in [2.05, 4.69) is 16.9 Å². The van der Waals surface area contributed by atoms with Crippen LogP contribution in [0.5, 0.6) is 0 Å². The zero-order valence-corrected chi connectivity index (χ0v) is 9.24. The topological polar surface area (TPSA) is 30.7 Å². The molecule has 17 heavy (non-hydrogen) atoms. The molecule has 3 aromatic rings. The van der Waals surface area contributed by atoms with Crippen LogP contribution in [0.25, 0.3) is 22.8 Å². The van der Waals surface area contributed by atoms with Gasteiger partial charge in [-0.05, 0) is 29.8 Å². The van der Waals surface area contributed by atoms with Gasteiger partial charge in [0, 0.05) is 0 Å². The molecule has 0 fully saturated rings. The first-order chi connectivity index (χ1) is 8.38. The van der Waals surface area contributed by atoms with Gasteiger partial charge in [-0.2, -0.15) is 0 Å². The molecule has 1 heterocycles. The van der Waals surface area contributed by atoms with Crippen molar-refractivity contribution in [1.29, 1.82) is 0 Å². The largest absolute Gasteiger partial charge is 0.213 e. The van der Waals surface area contributed by atoms with Crippen molar-refractivity contribution < 1.29 is 0 Å². The summed E-state index contributed by atoms with van der Waals surface area (Å²) in [5, 5.41) is 8.31. The predicted octanol–water partition coefficient (Wildman–Crippen LogP) is 3.06. The van der Waals surface area contributed by atoms with Crippen LogP contribution in [-0.2, 0) is 0 Å². The molecule has 0 amide bonds. The number of para-hydroxylation sites is 1. The normalized spacial score (nSPS) is 10.6.